The molecule has 1 aromatic rings. The van der Waals surface area contributed by atoms with Gasteiger partial charge in [0, 0.05) is 5.92 Å². The molecule has 18 nitrogen and oxygen atoms in total. The summed E-state index contributed by atoms with van der Waals surface area (Å²) in [6, 6.07) is 8.79. The smallest absolute Gasteiger partial charge is 0.160 e. The monoisotopic (exact) mass is 899 g/mol. The van der Waals surface area contributed by atoms with E-state index in [-0.39, 0.29) is 11.3 Å². The van der Waals surface area contributed by atoms with Gasteiger partial charge in [0.05, 0.1) is 186 Å². The molecule has 0 saturated carbocycles. The Morgan fingerprint density at radius 1 is 0.355 bits per heavy atom. The molecule has 0 N–H and O–H groups in total. The van der Waals surface area contributed by atoms with Gasteiger partial charge in [-0.1, -0.05) is 52.0 Å². The van der Waals surface area contributed by atoms with Crippen LogP contribution >= 0.6 is 0 Å². The van der Waals surface area contributed by atoms with E-state index in [0.717, 1.165) is 6.42 Å². The third kappa shape index (κ3) is 38.9. The fraction of sp³-hybridized carbons (Fsp3) is 0.864. The fourth-order valence-electron chi connectivity index (χ4n) is 5.19. The van der Waals surface area contributed by atoms with E-state index < -0.39 is 6.29 Å². The van der Waals surface area contributed by atoms with Crippen molar-refractivity contribution in [3.8, 4) is 0 Å². The number of benzene rings is 1. The van der Waals surface area contributed by atoms with Crippen LogP contribution in [0.5, 0.6) is 0 Å². The van der Waals surface area contributed by atoms with Crippen LogP contribution in [0.1, 0.15) is 38.8 Å². The van der Waals surface area contributed by atoms with Gasteiger partial charge >= 0.3 is 0 Å². The summed E-state index contributed by atoms with van der Waals surface area (Å²) in [5.74, 6) is 0.107. The summed E-state index contributed by atoms with van der Waals surface area (Å²) in [5.41, 5.74) is 2.64. The van der Waals surface area contributed by atoms with Crippen LogP contribution in [0.3, 0.4) is 0 Å². The summed E-state index contributed by atoms with van der Waals surface area (Å²) in [6.45, 7) is 21.8. The third-order valence-corrected chi connectivity index (χ3v) is 8.44. The Kier molecular flexibility index (Phi) is 42.2. The van der Waals surface area contributed by atoms with E-state index in [2.05, 4.69) is 61.7 Å². The Bertz CT molecular complexity index is 986. The van der Waals surface area contributed by atoms with Crippen molar-refractivity contribution in [2.24, 2.45) is 5.92 Å². The first kappa shape index (κ1) is 58.5. The van der Waals surface area contributed by atoms with Gasteiger partial charge in [0.1, 0.15) is 13.2 Å². The molecule has 0 aliphatic heterocycles. The zero-order valence-corrected chi connectivity index (χ0v) is 38.8. The summed E-state index contributed by atoms with van der Waals surface area (Å²) in [7, 11) is 2.92. The summed E-state index contributed by atoms with van der Waals surface area (Å²) in [4.78, 5) is 18.4. The molecule has 0 spiro atoms. The van der Waals surface area contributed by atoms with Crippen LogP contribution in [0.4, 0.5) is 0 Å². The van der Waals surface area contributed by atoms with Crippen molar-refractivity contribution in [3.05, 3.63) is 35.4 Å². The normalized spacial score (nSPS) is 12.6. The fourth-order valence-corrected chi connectivity index (χ4v) is 5.19. The predicted octanol–water partition coefficient (Wildman–Crippen LogP) is 3.88. The minimum atomic E-state index is -0.418. The molecule has 0 fully saturated rings. The highest BCUT2D eigenvalue weighted by Crippen LogP contribution is 2.24. The molecule has 0 saturated heterocycles. The average Bonchev–Trinajstić information content (AvgIpc) is 3.26. The Morgan fingerprint density at radius 2 is 0.597 bits per heavy atom. The predicted molar refractivity (Wildman–Crippen MR) is 229 cm³/mol. The molecule has 62 heavy (non-hydrogen) atoms. The van der Waals surface area contributed by atoms with Gasteiger partial charge in [0.25, 0.3) is 0 Å². The minimum Gasteiger partial charge on any atom is -0.377 e. The minimum absolute atomic E-state index is 0.103. The second-order valence-corrected chi connectivity index (χ2v) is 14.6. The lowest BCUT2D eigenvalue weighted by molar-refractivity contribution is -0.277. The summed E-state index contributed by atoms with van der Waals surface area (Å²) in [6.07, 6.45) is 0.397. The Labute approximate surface area is 371 Å². The van der Waals surface area contributed by atoms with E-state index in [1.807, 2.05) is 0 Å². The number of hydrogen-bond donors (Lipinski definition) is 0. The quantitative estimate of drug-likeness (QED) is 0.0400. The van der Waals surface area contributed by atoms with Crippen LogP contribution < -0.4 is 0 Å². The molecular weight excluding hydrogens is 816 g/mol. The zero-order valence-electron chi connectivity index (χ0n) is 38.8. The molecule has 0 aliphatic rings. The number of rotatable bonds is 49. The van der Waals surface area contributed by atoms with Crippen molar-refractivity contribution >= 4 is 0 Å². The van der Waals surface area contributed by atoms with E-state index in [1.54, 1.807) is 0 Å². The van der Waals surface area contributed by atoms with Crippen molar-refractivity contribution in [2.45, 2.75) is 45.8 Å². The van der Waals surface area contributed by atoms with Crippen molar-refractivity contribution in [3.63, 3.8) is 0 Å². The van der Waals surface area contributed by atoms with Gasteiger partial charge < -0.3 is 66.3 Å². The molecule has 0 aliphatic carbocycles. The van der Waals surface area contributed by atoms with E-state index in [1.165, 1.54) is 25.3 Å². The summed E-state index contributed by atoms with van der Waals surface area (Å²) < 4.78 is 78.7. The van der Waals surface area contributed by atoms with Gasteiger partial charge in [-0.15, -0.1) is 0 Å². The van der Waals surface area contributed by atoms with Gasteiger partial charge in [-0.05, 0) is 23.0 Å². The van der Waals surface area contributed by atoms with E-state index in [4.69, 9.17) is 76.1 Å². The number of hydrogen-bond acceptors (Lipinski definition) is 18. The van der Waals surface area contributed by atoms with E-state index in [0.29, 0.717) is 185 Å². The number of ether oxygens (including phenoxy) is 14. The first-order valence-corrected chi connectivity index (χ1v) is 21.9. The highest BCUT2D eigenvalue weighted by Gasteiger charge is 2.20. The second-order valence-electron chi connectivity index (χ2n) is 14.6. The van der Waals surface area contributed by atoms with Crippen LogP contribution in [0.2, 0.25) is 0 Å². The van der Waals surface area contributed by atoms with E-state index in [9.17, 15) is 0 Å². The van der Waals surface area contributed by atoms with Crippen LogP contribution in [0, 0.1) is 5.92 Å². The maximum Gasteiger partial charge on any atom is 0.160 e. The topological polar surface area (TPSA) is 166 Å². The molecule has 0 radical (unpaired) electrons. The highest BCUT2D eigenvalue weighted by molar-refractivity contribution is 5.27. The lowest BCUT2D eigenvalue weighted by Gasteiger charge is -2.25. The van der Waals surface area contributed by atoms with Gasteiger partial charge in [-0.3, -0.25) is 0 Å². The largest absolute Gasteiger partial charge is 0.377 e. The standard InChI is InChI=1S/C44H82O18/c1-40(39-41-7-9-42(10-8-41)44(2,3)4)43(59-35-31-55-27-23-51-19-15-47-11-13-49-17-21-53-25-29-57-33-37-61-45-5)60-36-32-56-28-24-52-20-16-48-12-14-50-18-22-54-26-30-58-34-38-62-46-6/h7-10,40,43H,11-39H2,1-6H3. The molecular formula is C44H82O18. The molecule has 18 heteroatoms. The maximum atomic E-state index is 6.18. The first-order chi connectivity index (χ1) is 30.4. The summed E-state index contributed by atoms with van der Waals surface area (Å²) in [5, 5.41) is 0. The maximum absolute atomic E-state index is 6.18. The van der Waals surface area contributed by atoms with Crippen molar-refractivity contribution in [1.29, 1.82) is 0 Å². The Balaban J connectivity index is 2.11. The van der Waals surface area contributed by atoms with Crippen LogP contribution in [0.25, 0.3) is 0 Å². The molecule has 0 aromatic heterocycles. The molecule has 0 heterocycles. The Hall–Kier alpha value is -1.50. The molecule has 0 bridgehead atoms. The van der Waals surface area contributed by atoms with Crippen LogP contribution in [-0.2, 0) is 97.7 Å². The Morgan fingerprint density at radius 3 is 0.839 bits per heavy atom. The van der Waals surface area contributed by atoms with Gasteiger partial charge in [-0.25, -0.2) is 19.6 Å². The van der Waals surface area contributed by atoms with Gasteiger partial charge in [0.2, 0.25) is 0 Å². The third-order valence-electron chi connectivity index (χ3n) is 8.44. The van der Waals surface area contributed by atoms with Crippen LogP contribution in [0.15, 0.2) is 24.3 Å². The lowest BCUT2D eigenvalue weighted by atomic mass is 9.86. The molecule has 1 aromatic carbocycles. The molecule has 1 unspecified atom stereocenters. The zero-order chi connectivity index (χ0) is 44.9. The SMILES string of the molecule is COOCCOCCOCCOCCOCCOCCOCCOC(OCCOCCOCCOCCOCCOCCOCCOOC)C(C)Cc1ccc(C(C)(C)C)cc1. The second kappa shape index (κ2) is 44.7. The van der Waals surface area contributed by atoms with Crippen molar-refractivity contribution in [2.75, 3.05) is 199 Å². The molecule has 366 valence electrons. The van der Waals surface area contributed by atoms with Gasteiger partial charge in [0.15, 0.2) is 6.29 Å². The van der Waals surface area contributed by atoms with Crippen molar-refractivity contribution in [1.82, 2.24) is 0 Å². The molecule has 1 rings (SSSR count). The van der Waals surface area contributed by atoms with E-state index >= 15 is 0 Å². The summed E-state index contributed by atoms with van der Waals surface area (Å²) >= 11 is 0. The average molecular weight is 899 g/mol. The highest BCUT2D eigenvalue weighted by atomic mass is 17.2. The first-order valence-electron chi connectivity index (χ1n) is 21.9. The van der Waals surface area contributed by atoms with Crippen molar-refractivity contribution < 1.29 is 85.9 Å². The van der Waals surface area contributed by atoms with Crippen LogP contribution in [-0.4, -0.2) is 206 Å². The van der Waals surface area contributed by atoms with Gasteiger partial charge in [-0.2, -0.15) is 0 Å². The molecule has 1 atom stereocenters. The lowest BCUT2D eigenvalue weighted by Crippen LogP contribution is -2.30. The molecule has 0 amide bonds.